The van der Waals surface area contributed by atoms with Crippen LogP contribution in [0.4, 0.5) is 5.82 Å². The topological polar surface area (TPSA) is 93.4 Å². The molecule has 0 aromatic carbocycles. The second-order valence-electron chi connectivity index (χ2n) is 6.20. The molecule has 0 bridgehead atoms. The van der Waals surface area contributed by atoms with Crippen LogP contribution in [0.15, 0.2) is 36.7 Å². The fourth-order valence-electron chi connectivity index (χ4n) is 2.90. The van der Waals surface area contributed by atoms with Gasteiger partial charge in [0.1, 0.15) is 17.7 Å². The number of amides is 1. The van der Waals surface area contributed by atoms with Crippen LogP contribution in [-0.4, -0.2) is 40.0 Å². The predicted octanol–water partition coefficient (Wildman–Crippen LogP) is 1.35. The van der Waals surface area contributed by atoms with Gasteiger partial charge in [0.15, 0.2) is 0 Å². The van der Waals surface area contributed by atoms with Crippen molar-refractivity contribution in [3.8, 4) is 5.75 Å². The second kappa shape index (κ2) is 7.94. The Morgan fingerprint density at radius 1 is 1.40 bits per heavy atom. The third kappa shape index (κ3) is 4.90. The van der Waals surface area contributed by atoms with E-state index in [0.717, 1.165) is 43.1 Å². The first-order valence-electron chi connectivity index (χ1n) is 8.38. The average Bonchev–Trinajstić information content (AvgIpc) is 3.02. The first kappa shape index (κ1) is 17.2. The molecule has 1 amide bonds. The zero-order valence-electron chi connectivity index (χ0n) is 14.3. The van der Waals surface area contributed by atoms with E-state index in [4.69, 9.17) is 10.5 Å². The number of nitrogen functional groups attached to an aromatic ring is 1. The lowest BCUT2D eigenvalue weighted by Gasteiger charge is -2.17. The van der Waals surface area contributed by atoms with Gasteiger partial charge in [0.2, 0.25) is 5.91 Å². The molecule has 2 aromatic heterocycles. The third-order valence-electron chi connectivity index (χ3n) is 4.16. The fourth-order valence-corrected chi connectivity index (χ4v) is 2.90. The Balaban J connectivity index is 1.54. The van der Waals surface area contributed by atoms with E-state index in [9.17, 15) is 4.79 Å². The lowest BCUT2D eigenvalue weighted by molar-refractivity contribution is -0.119. The summed E-state index contributed by atoms with van der Waals surface area (Å²) in [6, 6.07) is 7.63. The molecule has 3 rings (SSSR count). The molecule has 1 atom stereocenters. The number of anilines is 1. The number of ether oxygens (including phenoxy) is 1. The van der Waals surface area contributed by atoms with Gasteiger partial charge in [-0.25, -0.2) is 4.98 Å². The molecule has 7 heteroatoms. The minimum atomic E-state index is -0.0748. The largest absolute Gasteiger partial charge is 0.489 e. The number of pyridine rings is 2. The zero-order valence-corrected chi connectivity index (χ0v) is 14.3. The van der Waals surface area contributed by atoms with Gasteiger partial charge in [0.05, 0.1) is 12.2 Å². The Hall–Kier alpha value is -2.67. The van der Waals surface area contributed by atoms with Crippen LogP contribution in [0, 0.1) is 0 Å². The zero-order chi connectivity index (χ0) is 17.6. The van der Waals surface area contributed by atoms with Gasteiger partial charge in [-0.15, -0.1) is 0 Å². The molecule has 0 aliphatic carbocycles. The van der Waals surface area contributed by atoms with E-state index < -0.39 is 0 Å². The molecule has 0 saturated carbocycles. The minimum absolute atomic E-state index is 0.0748. The number of hydrogen-bond donors (Lipinski definition) is 2. The number of carbonyl (C=O) groups excluding carboxylic acids is 1. The molecule has 3 N–H and O–H groups in total. The molecular weight excluding hydrogens is 318 g/mol. The van der Waals surface area contributed by atoms with E-state index >= 15 is 0 Å². The predicted molar refractivity (Wildman–Crippen MR) is 94.7 cm³/mol. The smallest absolute Gasteiger partial charge is 0.217 e. The van der Waals surface area contributed by atoms with Crippen molar-refractivity contribution < 1.29 is 9.53 Å². The minimum Gasteiger partial charge on any atom is -0.489 e. The van der Waals surface area contributed by atoms with Crippen molar-refractivity contribution >= 4 is 11.7 Å². The van der Waals surface area contributed by atoms with Crippen LogP contribution in [0.1, 0.15) is 24.6 Å². The van der Waals surface area contributed by atoms with Crippen LogP contribution >= 0.6 is 0 Å². The first-order chi connectivity index (χ1) is 12.1. The number of nitrogens with zero attached hydrogens (tertiary/aromatic N) is 3. The van der Waals surface area contributed by atoms with Crippen LogP contribution < -0.4 is 15.8 Å². The third-order valence-corrected chi connectivity index (χ3v) is 4.16. The van der Waals surface area contributed by atoms with Gasteiger partial charge in [-0.3, -0.25) is 14.7 Å². The lowest BCUT2D eigenvalue weighted by atomic mass is 10.2. The molecule has 3 heterocycles. The van der Waals surface area contributed by atoms with Crippen LogP contribution in [0.2, 0.25) is 0 Å². The molecule has 7 nitrogen and oxygen atoms in total. The van der Waals surface area contributed by atoms with Crippen molar-refractivity contribution in [1.29, 1.82) is 0 Å². The summed E-state index contributed by atoms with van der Waals surface area (Å²) in [7, 11) is 0. The summed E-state index contributed by atoms with van der Waals surface area (Å²) in [5.41, 5.74) is 7.75. The van der Waals surface area contributed by atoms with Crippen molar-refractivity contribution in [3.05, 3.63) is 47.9 Å². The maximum atomic E-state index is 11.0. The van der Waals surface area contributed by atoms with Gasteiger partial charge in [0.25, 0.3) is 0 Å². The quantitative estimate of drug-likeness (QED) is 0.824. The van der Waals surface area contributed by atoms with Crippen LogP contribution in [-0.2, 0) is 17.9 Å². The van der Waals surface area contributed by atoms with Gasteiger partial charge >= 0.3 is 0 Å². The summed E-state index contributed by atoms with van der Waals surface area (Å²) in [6.07, 6.45) is 4.50. The van der Waals surface area contributed by atoms with Crippen LogP contribution in [0.25, 0.3) is 0 Å². The van der Waals surface area contributed by atoms with Crippen molar-refractivity contribution in [2.45, 2.75) is 32.5 Å². The highest BCUT2D eigenvalue weighted by Crippen LogP contribution is 2.21. The Morgan fingerprint density at radius 3 is 3.08 bits per heavy atom. The second-order valence-corrected chi connectivity index (χ2v) is 6.20. The number of rotatable bonds is 6. The van der Waals surface area contributed by atoms with Gasteiger partial charge in [-0.05, 0) is 18.6 Å². The molecule has 0 spiro atoms. The van der Waals surface area contributed by atoms with Crippen molar-refractivity contribution in [1.82, 2.24) is 20.2 Å². The number of nitrogens with two attached hydrogens (primary N) is 1. The van der Waals surface area contributed by atoms with Crippen molar-refractivity contribution in [2.75, 3.05) is 18.8 Å². The first-order valence-corrected chi connectivity index (χ1v) is 8.38. The highest BCUT2D eigenvalue weighted by molar-refractivity contribution is 5.72. The lowest BCUT2D eigenvalue weighted by Crippen LogP contribution is -2.25. The van der Waals surface area contributed by atoms with E-state index in [0.29, 0.717) is 12.4 Å². The number of carbonyl (C=O) groups is 1. The molecule has 1 aliphatic heterocycles. The molecule has 132 valence electrons. The molecule has 1 saturated heterocycles. The molecule has 0 radical (unpaired) electrons. The maximum Gasteiger partial charge on any atom is 0.217 e. The number of aromatic nitrogens is 2. The normalized spacial score (nSPS) is 17.4. The summed E-state index contributed by atoms with van der Waals surface area (Å²) in [5.74, 6) is 1.29. The Bertz CT molecular complexity index is 737. The van der Waals surface area contributed by atoms with Crippen LogP contribution in [0.5, 0.6) is 5.75 Å². The van der Waals surface area contributed by atoms with E-state index in [1.807, 2.05) is 24.3 Å². The van der Waals surface area contributed by atoms with E-state index in [1.165, 1.54) is 6.92 Å². The molecule has 1 fully saturated rings. The van der Waals surface area contributed by atoms with Gasteiger partial charge < -0.3 is 15.8 Å². The molecular formula is C18H23N5O2. The maximum absolute atomic E-state index is 11.0. The molecule has 1 unspecified atom stereocenters. The van der Waals surface area contributed by atoms with Crippen molar-refractivity contribution in [2.24, 2.45) is 0 Å². The monoisotopic (exact) mass is 341 g/mol. The number of likely N-dealkylation sites (tertiary alicyclic amines) is 1. The highest BCUT2D eigenvalue weighted by atomic mass is 16.5. The van der Waals surface area contributed by atoms with E-state index in [1.54, 1.807) is 12.4 Å². The standard InChI is InChI=1S/C18H23N5O2/c1-13(24)22-10-15-9-16(4-7-20-15)25-17-5-8-23(12-17)11-14-3-2-6-21-18(14)19/h2-4,6-7,9,17H,5,8,10-12H2,1H3,(H2,19,21)(H,22,24). The molecule has 1 aliphatic rings. The van der Waals surface area contributed by atoms with Gasteiger partial charge in [-0.2, -0.15) is 0 Å². The summed E-state index contributed by atoms with van der Waals surface area (Å²) in [4.78, 5) is 21.7. The van der Waals surface area contributed by atoms with E-state index in [2.05, 4.69) is 20.2 Å². The van der Waals surface area contributed by atoms with E-state index in [-0.39, 0.29) is 12.0 Å². The fraction of sp³-hybridized carbons (Fsp3) is 0.389. The number of nitrogens with one attached hydrogen (secondary N) is 1. The summed E-state index contributed by atoms with van der Waals surface area (Å²) >= 11 is 0. The summed E-state index contributed by atoms with van der Waals surface area (Å²) in [5, 5.41) is 2.74. The number of hydrogen-bond acceptors (Lipinski definition) is 6. The Kier molecular flexibility index (Phi) is 5.45. The average molecular weight is 341 g/mol. The Labute approximate surface area is 147 Å². The van der Waals surface area contributed by atoms with Gasteiger partial charge in [-0.1, -0.05) is 6.07 Å². The van der Waals surface area contributed by atoms with Gasteiger partial charge in [0, 0.05) is 50.6 Å². The summed E-state index contributed by atoms with van der Waals surface area (Å²) < 4.78 is 6.08. The molecule has 25 heavy (non-hydrogen) atoms. The van der Waals surface area contributed by atoms with Crippen LogP contribution in [0.3, 0.4) is 0 Å². The van der Waals surface area contributed by atoms with Crippen molar-refractivity contribution in [3.63, 3.8) is 0 Å². The molecule has 2 aromatic rings. The SMILES string of the molecule is CC(=O)NCc1cc(OC2CCN(Cc3cccnc3N)C2)ccn1. The summed E-state index contributed by atoms with van der Waals surface area (Å²) in [6.45, 7) is 4.48. The highest BCUT2D eigenvalue weighted by Gasteiger charge is 2.24. The Morgan fingerprint density at radius 2 is 2.28 bits per heavy atom.